The lowest BCUT2D eigenvalue weighted by atomic mass is 9.32. The number of allylic oxidation sites excluding steroid dienone is 2. The van der Waals surface area contributed by atoms with Crippen LogP contribution in [-0.4, -0.2) is 90.8 Å². The van der Waals surface area contributed by atoms with Gasteiger partial charge in [-0.3, -0.25) is 5.32 Å². The molecule has 10 heteroatoms. The number of carbonyl (C=O) groups excluding carboxylic acids is 2. The molecule has 1 heterocycles. The smallest absolute Gasteiger partial charge is 0.331 e. The topological polar surface area (TPSA) is 177 Å². The summed E-state index contributed by atoms with van der Waals surface area (Å²) in [6.07, 6.45) is 21.5. The summed E-state index contributed by atoms with van der Waals surface area (Å²) >= 11 is 0. The molecule has 4 bridgehead atoms. The van der Waals surface area contributed by atoms with E-state index in [-0.39, 0.29) is 61.6 Å². The number of aldehydes is 1. The van der Waals surface area contributed by atoms with Gasteiger partial charge in [-0.25, -0.2) is 4.79 Å². The molecular formula is C68H85NO9. The molecule has 22 unspecified atom stereocenters. The maximum absolute atomic E-state index is 15.6. The van der Waals surface area contributed by atoms with E-state index >= 15 is 15.0 Å². The summed E-state index contributed by atoms with van der Waals surface area (Å²) in [7, 11) is 0. The Labute approximate surface area is 461 Å². The quantitative estimate of drug-likeness (QED) is 0.0504. The van der Waals surface area contributed by atoms with Crippen LogP contribution in [-0.2, 0) is 20.7 Å². The second-order valence-corrected chi connectivity index (χ2v) is 29.0. The average molecular weight is 1060 g/mol. The number of hydrogen-bond acceptors (Lipinski definition) is 10. The number of carbonyl (C=O) groups is 2. The van der Waals surface area contributed by atoms with E-state index in [1.165, 1.54) is 18.4 Å². The summed E-state index contributed by atoms with van der Waals surface area (Å²) in [5.41, 5.74) is -5.91. The molecule has 2 aromatic carbocycles. The predicted molar refractivity (Wildman–Crippen MR) is 293 cm³/mol. The van der Waals surface area contributed by atoms with Crippen LogP contribution in [0.25, 0.3) is 0 Å². The molecule has 10 saturated carbocycles. The van der Waals surface area contributed by atoms with Crippen molar-refractivity contribution >= 4 is 12.3 Å². The van der Waals surface area contributed by atoms with Crippen LogP contribution in [0.15, 0.2) is 78.4 Å². The van der Waals surface area contributed by atoms with Gasteiger partial charge in [-0.05, 0) is 185 Å². The molecule has 10 fully saturated rings. The predicted octanol–water partition coefficient (Wildman–Crippen LogP) is 8.88. The number of benzene rings is 2. The summed E-state index contributed by atoms with van der Waals surface area (Å²) in [5, 5.41) is 87.4. The van der Waals surface area contributed by atoms with Crippen LogP contribution in [0.5, 0.6) is 0 Å². The number of hydrogen-bond donors (Lipinski definition) is 7. The zero-order chi connectivity index (χ0) is 53.2. The third-order valence-electron chi connectivity index (χ3n) is 26.8. The van der Waals surface area contributed by atoms with Crippen molar-refractivity contribution < 1.29 is 45.0 Å². The highest BCUT2D eigenvalue weighted by Gasteiger charge is 2.87. The minimum atomic E-state index is -2.26. The maximum Gasteiger partial charge on any atom is 0.331 e. The average Bonchev–Trinajstić information content (AvgIpc) is 2.16. The number of rotatable bonds is 5. The van der Waals surface area contributed by atoms with E-state index in [9.17, 15) is 25.2 Å². The highest BCUT2D eigenvalue weighted by atomic mass is 16.5. The Hall–Kier alpha value is -3.66. The molecule has 10 nitrogen and oxygen atoms in total. The Kier molecular flexibility index (Phi) is 11.9. The van der Waals surface area contributed by atoms with E-state index in [1.54, 1.807) is 6.08 Å². The van der Waals surface area contributed by atoms with Crippen LogP contribution >= 0.6 is 0 Å². The summed E-state index contributed by atoms with van der Waals surface area (Å²) in [4.78, 5) is 29.6. The van der Waals surface area contributed by atoms with Gasteiger partial charge in [0, 0.05) is 57.6 Å². The molecule has 22 atom stereocenters. The Morgan fingerprint density at radius 3 is 2.31 bits per heavy atom. The van der Waals surface area contributed by atoms with Gasteiger partial charge in [-0.15, -0.1) is 0 Å². The third-order valence-corrected chi connectivity index (χ3v) is 26.8. The molecule has 13 aliphatic carbocycles. The fraction of sp³-hybridized carbons (Fsp3) is 0.706. The first-order chi connectivity index (χ1) is 37.8. The molecule has 14 aliphatic rings. The van der Waals surface area contributed by atoms with Gasteiger partial charge >= 0.3 is 5.97 Å². The summed E-state index contributed by atoms with van der Waals surface area (Å²) in [6.45, 7) is -0.281. The molecule has 78 heavy (non-hydrogen) atoms. The highest BCUT2D eigenvalue weighted by Crippen LogP contribution is 2.81. The summed E-state index contributed by atoms with van der Waals surface area (Å²) in [6, 6.07) is 18.8. The zero-order valence-electron chi connectivity index (χ0n) is 45.7. The molecule has 0 saturated heterocycles. The monoisotopic (exact) mass is 1060 g/mol. The first kappa shape index (κ1) is 51.2. The minimum absolute atomic E-state index is 0.0233. The van der Waals surface area contributed by atoms with Gasteiger partial charge in [-0.2, -0.15) is 0 Å². The van der Waals surface area contributed by atoms with E-state index in [4.69, 9.17) is 4.74 Å². The van der Waals surface area contributed by atoms with Gasteiger partial charge in [0.1, 0.15) is 23.6 Å². The first-order valence-electron chi connectivity index (χ1n) is 31.4. The van der Waals surface area contributed by atoms with Gasteiger partial charge in [0.05, 0.1) is 30.0 Å². The number of ether oxygens (including phenoxy) is 1. The highest BCUT2D eigenvalue weighted by molar-refractivity contribution is 5.86. The molecule has 0 amide bonds. The molecule has 0 aromatic heterocycles. The van der Waals surface area contributed by atoms with E-state index < -0.39 is 86.4 Å². The lowest BCUT2D eigenvalue weighted by Crippen LogP contribution is -2.86. The first-order valence-corrected chi connectivity index (χ1v) is 31.4. The van der Waals surface area contributed by atoms with Crippen molar-refractivity contribution in [2.45, 2.75) is 195 Å². The van der Waals surface area contributed by atoms with Gasteiger partial charge in [-0.1, -0.05) is 111 Å². The molecule has 1 aliphatic heterocycles. The van der Waals surface area contributed by atoms with Gasteiger partial charge < -0.3 is 40.2 Å². The van der Waals surface area contributed by atoms with E-state index in [1.807, 2.05) is 12.1 Å². The lowest BCUT2D eigenvalue weighted by molar-refractivity contribution is -0.386. The van der Waals surface area contributed by atoms with Crippen LogP contribution in [0.2, 0.25) is 0 Å². The van der Waals surface area contributed by atoms with Gasteiger partial charge in [0.25, 0.3) is 0 Å². The Balaban J connectivity index is 0.927. The van der Waals surface area contributed by atoms with Crippen LogP contribution < -0.4 is 5.32 Å². The second-order valence-electron chi connectivity index (χ2n) is 29.0. The van der Waals surface area contributed by atoms with Crippen molar-refractivity contribution in [3.05, 3.63) is 95.1 Å². The number of fused-ring (bicyclic) bond motifs is 7. The molecule has 16 rings (SSSR count). The summed E-state index contributed by atoms with van der Waals surface area (Å²) < 4.78 is 6.44. The van der Waals surface area contributed by atoms with E-state index in [0.29, 0.717) is 62.2 Å². The zero-order valence-corrected chi connectivity index (χ0v) is 45.7. The third kappa shape index (κ3) is 6.70. The van der Waals surface area contributed by atoms with Crippen LogP contribution in [0.3, 0.4) is 0 Å². The molecular weight excluding hydrogens is 975 g/mol. The van der Waals surface area contributed by atoms with Crippen LogP contribution in [0, 0.1) is 105 Å². The SMILES string of the molecule is O=CC12CC3(CCC4CC(c5ccccc5)CCC43)C(O)C3CC4C=CCC(C5CCCC5)C4CC(C(O)C4(O)C1CCC15CC6(C#Cc7ccccc7CC(NCO)C7CC(CC14O)C5C1=CC(=O)OC17)CCCC6)C32O. The fourth-order valence-corrected chi connectivity index (χ4v) is 24.1. The fourth-order valence-electron chi connectivity index (χ4n) is 24.1. The van der Waals surface area contributed by atoms with E-state index in [0.717, 1.165) is 100 Å². The van der Waals surface area contributed by atoms with Crippen LogP contribution in [0.4, 0.5) is 0 Å². The number of aliphatic hydroxyl groups excluding tert-OH is 3. The lowest BCUT2D eigenvalue weighted by Gasteiger charge is -2.75. The second kappa shape index (κ2) is 18.2. The van der Waals surface area contributed by atoms with Gasteiger partial charge in [0.15, 0.2) is 0 Å². The largest absolute Gasteiger partial charge is 0.454 e. The van der Waals surface area contributed by atoms with Crippen molar-refractivity contribution in [2.24, 2.45) is 92.7 Å². The molecule has 7 N–H and O–H groups in total. The normalized spacial score (nSPS) is 50.2. The van der Waals surface area contributed by atoms with Crippen molar-refractivity contribution in [3.63, 3.8) is 0 Å². The number of nitrogens with one attached hydrogen (secondary N) is 1. The minimum Gasteiger partial charge on any atom is -0.454 e. The van der Waals surface area contributed by atoms with Crippen molar-refractivity contribution in [3.8, 4) is 11.8 Å². The molecule has 2 aromatic rings. The van der Waals surface area contributed by atoms with Crippen LogP contribution in [0.1, 0.15) is 164 Å². The number of aliphatic hydroxyl groups is 6. The Morgan fingerprint density at radius 2 is 1.51 bits per heavy atom. The summed E-state index contributed by atoms with van der Waals surface area (Å²) in [5.74, 6) is 5.27. The molecule has 0 radical (unpaired) electrons. The molecule has 416 valence electrons. The molecule has 3 spiro atoms. The Morgan fingerprint density at radius 1 is 0.731 bits per heavy atom. The van der Waals surface area contributed by atoms with Crippen molar-refractivity contribution in [1.29, 1.82) is 0 Å². The van der Waals surface area contributed by atoms with Crippen molar-refractivity contribution in [1.82, 2.24) is 5.32 Å². The van der Waals surface area contributed by atoms with Gasteiger partial charge in [0.2, 0.25) is 0 Å². The number of esters is 1. The Bertz CT molecular complexity index is 2840. The maximum atomic E-state index is 15.6. The van der Waals surface area contributed by atoms with E-state index in [2.05, 4.69) is 71.8 Å². The standard InChI is InChI=1S/C68H85NO9/c70-38-65-37-63(27-22-46-29-44(19-20-52(46)63)40-11-2-1-3-12-40)60(73)53-31-45-17-10-18-48(42-14-5-6-15-42)49(45)33-54(67(53,65)76)61(74)68(77)56(65)23-28-64-36-62(24-8-9-25-62)26-21-41-13-4-7-16-43(41)32-55(69-39-71)50-30-47(35-66(64,68)75)58(64)51-34-57(72)78-59(50)51/h1-4,7,10-13,16-17,34,38,42,44-50,52-56,58-61,69,71,73-77H,5-6,8-9,14-15,18-20,22-25,27-33,35-37,39H2. The van der Waals surface area contributed by atoms with Crippen molar-refractivity contribution in [2.75, 3.05) is 6.73 Å².